The number of hydrogen-bond donors (Lipinski definition) is 0. The largest absolute Gasteiger partial charge is 0.444 e. The second-order valence-electron chi connectivity index (χ2n) is 6.25. The molecule has 1 aliphatic rings. The van der Waals surface area contributed by atoms with Crippen LogP contribution >= 0.6 is 0 Å². The number of likely N-dealkylation sites (tertiary alicyclic amines) is 1. The first kappa shape index (κ1) is 14.7. The van der Waals surface area contributed by atoms with Crippen LogP contribution in [-0.4, -0.2) is 35.5 Å². The summed E-state index contributed by atoms with van der Waals surface area (Å²) in [6.45, 7) is 13.8. The smallest absolute Gasteiger partial charge is 0.410 e. The Labute approximate surface area is 109 Å². The fraction of sp³-hybridized carbons (Fsp3) is 0.714. The Balaban J connectivity index is 2.78. The van der Waals surface area contributed by atoms with Crippen LogP contribution in [0, 0.1) is 11.3 Å². The molecule has 0 spiro atoms. The number of amides is 1. The van der Waals surface area contributed by atoms with Gasteiger partial charge in [0.1, 0.15) is 5.60 Å². The van der Waals surface area contributed by atoms with Crippen molar-refractivity contribution in [3.8, 4) is 0 Å². The highest BCUT2D eigenvalue weighted by Gasteiger charge is 2.47. The van der Waals surface area contributed by atoms with E-state index in [9.17, 15) is 9.59 Å². The Morgan fingerprint density at radius 1 is 1.44 bits per heavy atom. The molecule has 0 N–H and O–H groups in total. The van der Waals surface area contributed by atoms with E-state index in [1.54, 1.807) is 4.90 Å². The first-order chi connectivity index (χ1) is 8.10. The highest BCUT2D eigenvalue weighted by Crippen LogP contribution is 2.37. The van der Waals surface area contributed by atoms with Gasteiger partial charge in [0, 0.05) is 13.1 Å². The summed E-state index contributed by atoms with van der Waals surface area (Å²) in [5.74, 6) is 0.0941. The SMILES string of the molecule is C=CC(=O)[C@]1(C)CN(C(=O)OC(C)(C)C)C[C@H]1C. The van der Waals surface area contributed by atoms with Gasteiger partial charge in [0.25, 0.3) is 0 Å². The van der Waals surface area contributed by atoms with E-state index >= 15 is 0 Å². The van der Waals surface area contributed by atoms with E-state index in [1.807, 2.05) is 34.6 Å². The lowest BCUT2D eigenvalue weighted by atomic mass is 9.77. The van der Waals surface area contributed by atoms with Crippen LogP contribution in [0.15, 0.2) is 12.7 Å². The van der Waals surface area contributed by atoms with Crippen molar-refractivity contribution in [1.82, 2.24) is 4.90 Å². The van der Waals surface area contributed by atoms with E-state index in [0.29, 0.717) is 13.1 Å². The summed E-state index contributed by atoms with van der Waals surface area (Å²) in [6, 6.07) is 0. The van der Waals surface area contributed by atoms with Crippen LogP contribution in [0.2, 0.25) is 0 Å². The molecule has 18 heavy (non-hydrogen) atoms. The van der Waals surface area contributed by atoms with Crippen molar-refractivity contribution in [2.24, 2.45) is 11.3 Å². The molecule has 1 amide bonds. The zero-order chi connectivity index (χ0) is 14.1. The molecule has 1 fully saturated rings. The van der Waals surface area contributed by atoms with Crippen LogP contribution in [0.1, 0.15) is 34.6 Å². The Hall–Kier alpha value is -1.32. The molecular weight excluding hydrogens is 230 g/mol. The van der Waals surface area contributed by atoms with E-state index in [1.165, 1.54) is 6.08 Å². The molecule has 0 saturated carbocycles. The molecule has 0 bridgehead atoms. The maximum absolute atomic E-state index is 12.0. The van der Waals surface area contributed by atoms with Crippen molar-refractivity contribution < 1.29 is 14.3 Å². The minimum absolute atomic E-state index is 0.0129. The molecule has 1 heterocycles. The van der Waals surface area contributed by atoms with Gasteiger partial charge in [0.2, 0.25) is 0 Å². The maximum atomic E-state index is 12.0. The summed E-state index contributed by atoms with van der Waals surface area (Å²) in [4.78, 5) is 25.5. The fourth-order valence-electron chi connectivity index (χ4n) is 2.17. The van der Waals surface area contributed by atoms with Crippen molar-refractivity contribution in [1.29, 1.82) is 0 Å². The van der Waals surface area contributed by atoms with Crippen LogP contribution in [0.4, 0.5) is 4.79 Å². The van der Waals surface area contributed by atoms with E-state index < -0.39 is 11.0 Å². The Morgan fingerprint density at radius 2 is 2.00 bits per heavy atom. The van der Waals surface area contributed by atoms with Gasteiger partial charge >= 0.3 is 6.09 Å². The average molecular weight is 253 g/mol. The molecule has 0 aromatic carbocycles. The maximum Gasteiger partial charge on any atom is 0.410 e. The van der Waals surface area contributed by atoms with E-state index in [4.69, 9.17) is 4.74 Å². The summed E-state index contributed by atoms with van der Waals surface area (Å²) in [5.41, 5.74) is -1.06. The lowest BCUT2D eigenvalue weighted by molar-refractivity contribution is -0.123. The van der Waals surface area contributed by atoms with Gasteiger partial charge in [0.05, 0.1) is 5.41 Å². The molecule has 1 saturated heterocycles. The van der Waals surface area contributed by atoms with Gasteiger partial charge in [-0.15, -0.1) is 0 Å². The molecule has 4 heteroatoms. The number of carbonyl (C=O) groups is 2. The van der Waals surface area contributed by atoms with Crippen LogP contribution < -0.4 is 0 Å². The fourth-order valence-corrected chi connectivity index (χ4v) is 2.17. The van der Waals surface area contributed by atoms with Gasteiger partial charge in [-0.2, -0.15) is 0 Å². The predicted molar refractivity (Wildman–Crippen MR) is 70.3 cm³/mol. The van der Waals surface area contributed by atoms with Crippen molar-refractivity contribution in [2.75, 3.05) is 13.1 Å². The van der Waals surface area contributed by atoms with Crippen LogP contribution in [-0.2, 0) is 9.53 Å². The van der Waals surface area contributed by atoms with Crippen LogP contribution in [0.3, 0.4) is 0 Å². The molecule has 0 unspecified atom stereocenters. The third kappa shape index (κ3) is 2.92. The zero-order valence-corrected chi connectivity index (χ0v) is 11.9. The molecule has 0 aromatic heterocycles. The summed E-state index contributed by atoms with van der Waals surface area (Å²) in [7, 11) is 0. The Kier molecular flexibility index (Phi) is 3.89. The quantitative estimate of drug-likeness (QED) is 0.711. The van der Waals surface area contributed by atoms with Crippen molar-refractivity contribution in [3.05, 3.63) is 12.7 Å². The van der Waals surface area contributed by atoms with Crippen LogP contribution in [0.25, 0.3) is 0 Å². The lowest BCUT2D eigenvalue weighted by Gasteiger charge is -2.26. The van der Waals surface area contributed by atoms with Gasteiger partial charge in [-0.05, 0) is 32.8 Å². The monoisotopic (exact) mass is 253 g/mol. The molecule has 0 radical (unpaired) electrons. The molecule has 1 rings (SSSR count). The number of ketones is 1. The second kappa shape index (κ2) is 4.75. The average Bonchev–Trinajstić information content (AvgIpc) is 2.53. The molecule has 1 aliphatic heterocycles. The van der Waals surface area contributed by atoms with Crippen molar-refractivity contribution in [3.63, 3.8) is 0 Å². The first-order valence-electron chi connectivity index (χ1n) is 6.25. The van der Waals surface area contributed by atoms with Crippen molar-refractivity contribution >= 4 is 11.9 Å². The third-order valence-corrected chi connectivity index (χ3v) is 3.50. The van der Waals surface area contributed by atoms with Gasteiger partial charge < -0.3 is 9.64 Å². The van der Waals surface area contributed by atoms with Crippen molar-refractivity contribution in [2.45, 2.75) is 40.2 Å². The highest BCUT2D eigenvalue weighted by molar-refractivity contribution is 5.95. The summed E-state index contributed by atoms with van der Waals surface area (Å²) >= 11 is 0. The predicted octanol–water partition coefficient (Wildman–Crippen LogP) is 2.63. The number of nitrogens with zero attached hydrogens (tertiary/aromatic N) is 1. The molecular formula is C14H23NO3. The van der Waals surface area contributed by atoms with Crippen LogP contribution in [0.5, 0.6) is 0 Å². The summed E-state index contributed by atoms with van der Waals surface area (Å²) in [5, 5.41) is 0. The van der Waals surface area contributed by atoms with Gasteiger partial charge in [-0.25, -0.2) is 4.79 Å². The zero-order valence-electron chi connectivity index (χ0n) is 11.9. The molecule has 102 valence electrons. The lowest BCUT2D eigenvalue weighted by Crippen LogP contribution is -2.38. The minimum Gasteiger partial charge on any atom is -0.444 e. The minimum atomic E-state index is -0.543. The third-order valence-electron chi connectivity index (χ3n) is 3.50. The molecule has 0 aromatic rings. The van der Waals surface area contributed by atoms with Gasteiger partial charge in [-0.1, -0.05) is 20.4 Å². The second-order valence-corrected chi connectivity index (χ2v) is 6.25. The topological polar surface area (TPSA) is 46.6 Å². The number of rotatable bonds is 2. The van der Waals surface area contributed by atoms with E-state index in [0.717, 1.165) is 0 Å². The standard InChI is InChI=1S/C14H23NO3/c1-7-11(16)14(6)9-15(8-10(14)2)12(17)18-13(3,4)5/h7,10H,1,8-9H2,2-6H3/t10-,14-/m1/s1. The van der Waals surface area contributed by atoms with E-state index in [2.05, 4.69) is 6.58 Å². The molecule has 4 nitrogen and oxygen atoms in total. The number of ether oxygens (including phenoxy) is 1. The summed E-state index contributed by atoms with van der Waals surface area (Å²) in [6.07, 6.45) is 0.990. The number of allylic oxidation sites excluding steroid dienone is 1. The number of hydrogen-bond acceptors (Lipinski definition) is 3. The van der Waals surface area contributed by atoms with Gasteiger partial charge in [0.15, 0.2) is 5.78 Å². The Bertz CT molecular complexity index is 370. The highest BCUT2D eigenvalue weighted by atomic mass is 16.6. The van der Waals surface area contributed by atoms with E-state index in [-0.39, 0.29) is 17.8 Å². The Morgan fingerprint density at radius 3 is 2.44 bits per heavy atom. The molecule has 2 atom stereocenters. The first-order valence-corrected chi connectivity index (χ1v) is 6.25. The van der Waals surface area contributed by atoms with Gasteiger partial charge in [-0.3, -0.25) is 4.79 Å². The molecule has 0 aliphatic carbocycles. The normalized spacial score (nSPS) is 28.1. The number of carbonyl (C=O) groups excluding carboxylic acids is 2. The summed E-state index contributed by atoms with van der Waals surface area (Å²) < 4.78 is 5.33.